The number of fused-ring (bicyclic) bond motifs is 1. The molecule has 0 saturated carbocycles. The molecule has 8 nitrogen and oxygen atoms in total. The van der Waals surface area contributed by atoms with Crippen molar-refractivity contribution in [1.29, 1.82) is 0 Å². The SMILES string of the molecule is CC(C)[S+]([O-])N1CCOC(CNc2nc(C3=CNC4NC=C(Cl)C=C34)ncc2F)C1. The van der Waals surface area contributed by atoms with Crippen LogP contribution in [-0.2, 0) is 16.1 Å². The van der Waals surface area contributed by atoms with Crippen molar-refractivity contribution in [1.82, 2.24) is 24.9 Å². The Hall–Kier alpha value is -1.85. The molecule has 0 spiro atoms. The number of ether oxygens (including phenoxy) is 1. The molecule has 3 unspecified atom stereocenters. The van der Waals surface area contributed by atoms with Crippen molar-refractivity contribution in [3.05, 3.63) is 46.9 Å². The lowest BCUT2D eigenvalue weighted by molar-refractivity contribution is 0.00656. The molecule has 0 amide bonds. The van der Waals surface area contributed by atoms with Crippen LogP contribution in [0.4, 0.5) is 10.2 Å². The smallest absolute Gasteiger partial charge is 0.183 e. The molecular formula is C19H24ClFN6O2S. The number of rotatable bonds is 6. The van der Waals surface area contributed by atoms with Crippen molar-refractivity contribution in [2.75, 3.05) is 31.6 Å². The summed E-state index contributed by atoms with van der Waals surface area (Å²) in [7, 11) is 0. The highest BCUT2D eigenvalue weighted by molar-refractivity contribution is 7.89. The van der Waals surface area contributed by atoms with Gasteiger partial charge < -0.3 is 25.2 Å². The largest absolute Gasteiger partial charge is 0.598 e. The van der Waals surface area contributed by atoms with Crippen molar-refractivity contribution < 1.29 is 13.7 Å². The average Bonchev–Trinajstić information content (AvgIpc) is 3.15. The molecule has 30 heavy (non-hydrogen) atoms. The number of anilines is 1. The van der Waals surface area contributed by atoms with E-state index in [-0.39, 0.29) is 23.3 Å². The molecule has 0 bridgehead atoms. The summed E-state index contributed by atoms with van der Waals surface area (Å²) in [5.74, 6) is -0.0598. The Morgan fingerprint density at radius 1 is 1.43 bits per heavy atom. The topological polar surface area (TPSA) is 97.4 Å². The fourth-order valence-electron chi connectivity index (χ4n) is 3.45. The second kappa shape index (κ2) is 9.11. The molecular weight excluding hydrogens is 431 g/mol. The summed E-state index contributed by atoms with van der Waals surface area (Å²) in [6.07, 6.45) is 6.13. The number of nitrogens with one attached hydrogen (secondary N) is 3. The van der Waals surface area contributed by atoms with Gasteiger partial charge in [0.25, 0.3) is 0 Å². The van der Waals surface area contributed by atoms with E-state index in [1.54, 1.807) is 12.4 Å². The number of allylic oxidation sites excluding steroid dienone is 2. The van der Waals surface area contributed by atoms with E-state index in [1.807, 2.05) is 24.2 Å². The van der Waals surface area contributed by atoms with Gasteiger partial charge in [0.1, 0.15) is 11.4 Å². The molecule has 3 aliphatic heterocycles. The van der Waals surface area contributed by atoms with Crippen LogP contribution in [0.25, 0.3) is 5.57 Å². The fraction of sp³-hybridized carbons (Fsp3) is 0.474. The maximum atomic E-state index is 14.3. The van der Waals surface area contributed by atoms with Crippen LogP contribution in [0.5, 0.6) is 0 Å². The van der Waals surface area contributed by atoms with E-state index < -0.39 is 17.2 Å². The van der Waals surface area contributed by atoms with Gasteiger partial charge in [0.05, 0.1) is 37.0 Å². The summed E-state index contributed by atoms with van der Waals surface area (Å²) < 4.78 is 34.3. The van der Waals surface area contributed by atoms with Crippen LogP contribution in [0, 0.1) is 5.82 Å². The quantitative estimate of drug-likeness (QED) is 0.559. The van der Waals surface area contributed by atoms with E-state index in [0.717, 1.165) is 17.3 Å². The van der Waals surface area contributed by atoms with Gasteiger partial charge in [-0.2, -0.15) is 0 Å². The molecule has 0 radical (unpaired) electrons. The third-order valence-electron chi connectivity index (χ3n) is 4.94. The Kier molecular flexibility index (Phi) is 6.49. The first-order chi connectivity index (χ1) is 14.4. The second-order valence-electron chi connectivity index (χ2n) is 7.43. The molecule has 3 atom stereocenters. The Bertz CT molecular complexity index is 896. The summed E-state index contributed by atoms with van der Waals surface area (Å²) in [4.78, 5) is 8.51. The molecule has 4 heterocycles. The van der Waals surface area contributed by atoms with Gasteiger partial charge in [0.2, 0.25) is 0 Å². The van der Waals surface area contributed by atoms with Crippen molar-refractivity contribution in [2.45, 2.75) is 31.4 Å². The predicted octanol–water partition coefficient (Wildman–Crippen LogP) is 1.68. The number of aromatic nitrogens is 2. The molecule has 4 rings (SSSR count). The van der Waals surface area contributed by atoms with Gasteiger partial charge in [-0.05, 0) is 19.9 Å². The standard InChI is InChI=1S/C19H24ClFN6O2S/c1-11(2)30(28)27-3-4-29-13(10-27)7-23-19-16(21)9-25-18(26-19)15-8-24-17-14(15)5-12(20)6-22-17/h5-6,8-9,11,13,17,22,24H,3-4,7,10H2,1-2H3,(H,23,25,26). The van der Waals surface area contributed by atoms with Crippen LogP contribution in [0.15, 0.2) is 35.3 Å². The molecule has 0 aliphatic carbocycles. The molecule has 1 aromatic heterocycles. The number of morpholine rings is 1. The molecule has 162 valence electrons. The highest BCUT2D eigenvalue weighted by Crippen LogP contribution is 2.31. The summed E-state index contributed by atoms with van der Waals surface area (Å²) in [6, 6.07) is 0. The van der Waals surface area contributed by atoms with Crippen molar-refractivity contribution in [2.24, 2.45) is 0 Å². The number of halogens is 2. The van der Waals surface area contributed by atoms with Crippen LogP contribution in [0.1, 0.15) is 19.7 Å². The molecule has 1 saturated heterocycles. The lowest BCUT2D eigenvalue weighted by Crippen LogP contribution is -2.49. The minimum atomic E-state index is -1.06. The summed E-state index contributed by atoms with van der Waals surface area (Å²) >= 11 is 5.04. The maximum Gasteiger partial charge on any atom is 0.183 e. The third-order valence-corrected chi connectivity index (χ3v) is 6.80. The lowest BCUT2D eigenvalue weighted by Gasteiger charge is -2.34. The minimum Gasteiger partial charge on any atom is -0.598 e. The van der Waals surface area contributed by atoms with Gasteiger partial charge in [-0.1, -0.05) is 11.6 Å². The maximum absolute atomic E-state index is 14.3. The minimum absolute atomic E-state index is 0.0441. The Balaban J connectivity index is 1.44. The third kappa shape index (κ3) is 4.57. The number of hydrogen-bond acceptors (Lipinski definition) is 8. The number of dihydropyridines is 1. The van der Waals surface area contributed by atoms with E-state index in [1.165, 1.54) is 0 Å². The van der Waals surface area contributed by atoms with Gasteiger partial charge in [-0.25, -0.2) is 14.4 Å². The van der Waals surface area contributed by atoms with E-state index >= 15 is 0 Å². The molecule has 1 fully saturated rings. The average molecular weight is 455 g/mol. The first-order valence-corrected chi connectivity index (χ1v) is 11.3. The zero-order valence-corrected chi connectivity index (χ0v) is 18.3. The van der Waals surface area contributed by atoms with E-state index in [2.05, 4.69) is 25.9 Å². The molecule has 11 heteroatoms. The first-order valence-electron chi connectivity index (χ1n) is 9.76. The molecule has 3 N–H and O–H groups in total. The van der Waals surface area contributed by atoms with Crippen molar-refractivity contribution in [3.63, 3.8) is 0 Å². The number of nitrogens with zero attached hydrogens (tertiary/aromatic N) is 3. The normalized spacial score (nSPS) is 24.9. The van der Waals surface area contributed by atoms with Gasteiger partial charge in [-0.3, -0.25) is 0 Å². The van der Waals surface area contributed by atoms with Crippen LogP contribution in [0.2, 0.25) is 0 Å². The Morgan fingerprint density at radius 3 is 3.03 bits per heavy atom. The van der Waals surface area contributed by atoms with Gasteiger partial charge in [0.15, 0.2) is 17.5 Å². The zero-order chi connectivity index (χ0) is 21.3. The second-order valence-corrected chi connectivity index (χ2v) is 9.88. The van der Waals surface area contributed by atoms with Crippen molar-refractivity contribution in [3.8, 4) is 0 Å². The van der Waals surface area contributed by atoms with E-state index in [4.69, 9.17) is 16.3 Å². The zero-order valence-electron chi connectivity index (χ0n) is 16.7. The molecule has 1 aromatic rings. The summed E-state index contributed by atoms with van der Waals surface area (Å²) in [6.45, 7) is 5.81. The number of hydrogen-bond donors (Lipinski definition) is 3. The van der Waals surface area contributed by atoms with Crippen LogP contribution >= 0.6 is 11.6 Å². The summed E-state index contributed by atoms with van der Waals surface area (Å²) in [5, 5.41) is 9.93. The van der Waals surface area contributed by atoms with Gasteiger partial charge in [0, 0.05) is 41.5 Å². The monoisotopic (exact) mass is 454 g/mol. The van der Waals surface area contributed by atoms with Gasteiger partial charge >= 0.3 is 0 Å². The summed E-state index contributed by atoms with van der Waals surface area (Å²) in [5.41, 5.74) is 1.64. The van der Waals surface area contributed by atoms with Gasteiger partial charge in [-0.15, -0.1) is 4.31 Å². The van der Waals surface area contributed by atoms with Crippen LogP contribution in [-0.4, -0.2) is 62.6 Å². The predicted molar refractivity (Wildman–Crippen MR) is 115 cm³/mol. The Labute approximate surface area is 182 Å². The van der Waals surface area contributed by atoms with Crippen LogP contribution in [0.3, 0.4) is 0 Å². The van der Waals surface area contributed by atoms with Crippen LogP contribution < -0.4 is 16.0 Å². The highest BCUT2D eigenvalue weighted by Gasteiger charge is 2.31. The Morgan fingerprint density at radius 2 is 2.23 bits per heavy atom. The molecule has 3 aliphatic rings. The van der Waals surface area contributed by atoms with Crippen molar-refractivity contribution >= 4 is 34.4 Å². The fourth-order valence-corrected chi connectivity index (χ4v) is 4.79. The first kappa shape index (κ1) is 21.4. The molecule has 0 aromatic carbocycles. The highest BCUT2D eigenvalue weighted by atomic mass is 35.5. The van der Waals surface area contributed by atoms with E-state index in [0.29, 0.717) is 37.1 Å². The van der Waals surface area contributed by atoms with E-state index in [9.17, 15) is 8.94 Å². The lowest BCUT2D eigenvalue weighted by atomic mass is 10.0.